The van der Waals surface area contributed by atoms with Crippen LogP contribution in [-0.4, -0.2) is 44.8 Å². The highest BCUT2D eigenvalue weighted by atomic mass is 32.2. The maximum atomic E-state index is 8.74. The van der Waals surface area contributed by atoms with Crippen LogP contribution >= 0.6 is 48.0 Å². The van der Waals surface area contributed by atoms with Crippen LogP contribution in [0.25, 0.3) is 0 Å². The largest absolute Gasteiger partial charge is 0.479 e. The molecule has 0 atom stereocenters. The van der Waals surface area contributed by atoms with E-state index in [4.69, 9.17) is 39.7 Å². The van der Waals surface area contributed by atoms with Gasteiger partial charge in [-0.1, -0.05) is 87.6 Å². The monoisotopic (exact) mass is 459 g/mol. The molecule has 4 nitrogen and oxygen atoms in total. The molecule has 0 unspecified atom stereocenters. The van der Waals surface area contributed by atoms with Gasteiger partial charge in [0.2, 0.25) is 4.38 Å². The van der Waals surface area contributed by atoms with E-state index in [-0.39, 0.29) is 0 Å². The van der Waals surface area contributed by atoms with Gasteiger partial charge in [0, 0.05) is 24.6 Å². The third kappa shape index (κ3) is 17.6. The van der Waals surface area contributed by atoms with Gasteiger partial charge in [-0.15, -0.1) is 0 Å². The van der Waals surface area contributed by atoms with E-state index in [0.717, 1.165) is 22.2 Å². The second-order valence-electron chi connectivity index (χ2n) is 6.34. The molecule has 0 aromatic rings. The average molecular weight is 460 g/mol. The standard InChI is InChI=1S/C20H33N3OS4/c1-2-3-4-5-6-7-8-9-16-24-20(26)28-18-17-27-19(25)23(14-10-12-21)15-11-13-22/h2-11,14-18H2,1H3. The summed E-state index contributed by atoms with van der Waals surface area (Å²) in [5.74, 6) is 1.67. The Morgan fingerprint density at radius 3 is 1.96 bits per heavy atom. The van der Waals surface area contributed by atoms with Crippen LogP contribution in [0.4, 0.5) is 0 Å². The van der Waals surface area contributed by atoms with Gasteiger partial charge in [-0.2, -0.15) is 10.5 Å². The molecule has 0 aliphatic rings. The van der Waals surface area contributed by atoms with Crippen molar-refractivity contribution < 1.29 is 4.74 Å². The van der Waals surface area contributed by atoms with Gasteiger partial charge < -0.3 is 9.64 Å². The Balaban J connectivity index is 3.67. The van der Waals surface area contributed by atoms with Gasteiger partial charge in [-0.05, 0) is 18.6 Å². The third-order valence-electron chi connectivity index (χ3n) is 3.99. The van der Waals surface area contributed by atoms with Crippen molar-refractivity contribution in [1.29, 1.82) is 10.5 Å². The molecule has 0 radical (unpaired) electrons. The predicted molar refractivity (Wildman–Crippen MR) is 131 cm³/mol. The average Bonchev–Trinajstić information content (AvgIpc) is 2.70. The van der Waals surface area contributed by atoms with Crippen molar-refractivity contribution in [3.63, 3.8) is 0 Å². The molecular formula is C20H33N3OS4. The van der Waals surface area contributed by atoms with E-state index in [1.807, 2.05) is 4.90 Å². The summed E-state index contributed by atoms with van der Waals surface area (Å²) in [7, 11) is 0. The van der Waals surface area contributed by atoms with E-state index in [9.17, 15) is 0 Å². The number of unbranched alkanes of at least 4 members (excludes halogenated alkanes) is 7. The zero-order valence-electron chi connectivity index (χ0n) is 17.0. The fraction of sp³-hybridized carbons (Fsp3) is 0.800. The number of nitrogens with zero attached hydrogens (tertiary/aromatic N) is 3. The minimum absolute atomic E-state index is 0.414. The minimum atomic E-state index is 0.414. The molecule has 0 fully saturated rings. The SMILES string of the molecule is CCCCCCCCCCOC(=S)SCCSC(=S)N(CCC#N)CCC#N. The Hall–Kier alpha value is -0.540. The highest BCUT2D eigenvalue weighted by Crippen LogP contribution is 2.15. The number of nitriles is 2. The summed E-state index contributed by atoms with van der Waals surface area (Å²) in [6, 6.07) is 4.25. The summed E-state index contributed by atoms with van der Waals surface area (Å²) in [6.45, 7) is 4.12. The number of ether oxygens (including phenoxy) is 1. The molecule has 0 aromatic heterocycles. The number of rotatable bonds is 16. The fourth-order valence-electron chi connectivity index (χ4n) is 2.44. The van der Waals surface area contributed by atoms with Crippen LogP contribution in [-0.2, 0) is 4.74 Å². The van der Waals surface area contributed by atoms with Crippen LogP contribution in [0.5, 0.6) is 0 Å². The highest BCUT2D eigenvalue weighted by Gasteiger charge is 2.10. The maximum absolute atomic E-state index is 8.74. The third-order valence-corrected chi connectivity index (χ3v) is 7.01. The van der Waals surface area contributed by atoms with E-state index < -0.39 is 0 Å². The Labute approximate surface area is 190 Å². The molecule has 0 saturated heterocycles. The van der Waals surface area contributed by atoms with Crippen molar-refractivity contribution in [2.45, 2.75) is 71.1 Å². The zero-order valence-corrected chi connectivity index (χ0v) is 20.3. The Morgan fingerprint density at radius 2 is 1.39 bits per heavy atom. The molecule has 0 N–H and O–H groups in total. The number of hydrogen-bond donors (Lipinski definition) is 0. The smallest absolute Gasteiger partial charge is 0.219 e. The number of thioether (sulfide) groups is 2. The Morgan fingerprint density at radius 1 is 0.857 bits per heavy atom. The zero-order chi connectivity index (χ0) is 20.9. The summed E-state index contributed by atoms with van der Waals surface area (Å²) < 4.78 is 6.98. The lowest BCUT2D eigenvalue weighted by Crippen LogP contribution is -2.29. The molecule has 0 aliphatic carbocycles. The van der Waals surface area contributed by atoms with Crippen LogP contribution in [0.1, 0.15) is 71.1 Å². The summed E-state index contributed by atoms with van der Waals surface area (Å²) in [6.07, 6.45) is 11.1. The second-order valence-corrected chi connectivity index (χ2v) is 9.77. The summed E-state index contributed by atoms with van der Waals surface area (Å²) in [5.41, 5.74) is 0. The van der Waals surface area contributed by atoms with Gasteiger partial charge in [0.15, 0.2) is 0 Å². The van der Waals surface area contributed by atoms with Gasteiger partial charge in [0.25, 0.3) is 0 Å². The second kappa shape index (κ2) is 21.2. The van der Waals surface area contributed by atoms with Gasteiger partial charge in [0.1, 0.15) is 4.32 Å². The van der Waals surface area contributed by atoms with Crippen LogP contribution < -0.4 is 0 Å². The summed E-state index contributed by atoms with van der Waals surface area (Å²) in [4.78, 5) is 1.94. The van der Waals surface area contributed by atoms with Crippen molar-refractivity contribution >= 4 is 56.7 Å². The first-order chi connectivity index (χ1) is 13.7. The molecular weight excluding hydrogens is 427 g/mol. The van der Waals surface area contributed by atoms with E-state index in [0.29, 0.717) is 36.9 Å². The first kappa shape index (κ1) is 27.5. The van der Waals surface area contributed by atoms with Crippen LogP contribution in [0.3, 0.4) is 0 Å². The van der Waals surface area contributed by atoms with E-state index in [2.05, 4.69) is 19.1 Å². The van der Waals surface area contributed by atoms with Crippen LogP contribution in [0.15, 0.2) is 0 Å². The quantitative estimate of drug-likeness (QED) is 0.196. The highest BCUT2D eigenvalue weighted by molar-refractivity contribution is 8.25. The predicted octanol–water partition coefficient (Wildman–Crippen LogP) is 6.31. The summed E-state index contributed by atoms with van der Waals surface area (Å²) in [5, 5.41) is 17.5. The van der Waals surface area contributed by atoms with Gasteiger partial charge in [-0.3, -0.25) is 0 Å². The molecule has 0 spiro atoms. The molecule has 0 aromatic carbocycles. The number of hydrogen-bond acceptors (Lipinski definition) is 7. The molecule has 8 heteroatoms. The molecule has 0 saturated carbocycles. The van der Waals surface area contributed by atoms with Crippen molar-refractivity contribution in [2.24, 2.45) is 0 Å². The van der Waals surface area contributed by atoms with E-state index in [1.165, 1.54) is 44.9 Å². The lowest BCUT2D eigenvalue weighted by molar-refractivity contribution is 0.308. The van der Waals surface area contributed by atoms with Gasteiger partial charge >= 0.3 is 0 Å². The van der Waals surface area contributed by atoms with Crippen molar-refractivity contribution in [2.75, 3.05) is 31.2 Å². The normalized spacial score (nSPS) is 10.1. The lowest BCUT2D eigenvalue weighted by atomic mass is 10.1. The molecule has 28 heavy (non-hydrogen) atoms. The van der Waals surface area contributed by atoms with Gasteiger partial charge in [-0.25, -0.2) is 0 Å². The van der Waals surface area contributed by atoms with E-state index in [1.54, 1.807) is 23.5 Å². The first-order valence-corrected chi connectivity index (χ1v) is 12.9. The molecule has 0 aliphatic heterocycles. The molecule has 0 bridgehead atoms. The maximum Gasteiger partial charge on any atom is 0.219 e. The van der Waals surface area contributed by atoms with Crippen LogP contribution in [0.2, 0.25) is 0 Å². The first-order valence-electron chi connectivity index (χ1n) is 10.1. The molecule has 0 heterocycles. The Kier molecular flexibility index (Phi) is 20.8. The van der Waals surface area contributed by atoms with Crippen molar-refractivity contribution in [1.82, 2.24) is 4.90 Å². The topological polar surface area (TPSA) is 60.0 Å². The van der Waals surface area contributed by atoms with Gasteiger partial charge in [0.05, 0.1) is 31.6 Å². The molecule has 158 valence electrons. The lowest BCUT2D eigenvalue weighted by Gasteiger charge is -2.22. The molecule has 0 rings (SSSR count). The van der Waals surface area contributed by atoms with Crippen molar-refractivity contribution in [3.05, 3.63) is 0 Å². The van der Waals surface area contributed by atoms with Crippen molar-refractivity contribution in [3.8, 4) is 12.1 Å². The van der Waals surface area contributed by atoms with E-state index >= 15 is 0 Å². The summed E-state index contributed by atoms with van der Waals surface area (Å²) >= 11 is 13.8. The fourth-order valence-corrected chi connectivity index (χ4v) is 4.75. The van der Waals surface area contributed by atoms with Crippen LogP contribution in [0, 0.1) is 22.7 Å². The minimum Gasteiger partial charge on any atom is -0.479 e. The molecule has 0 amide bonds. The Bertz CT molecular complexity index is 485. The number of thiocarbonyl (C=S) groups is 2.